The summed E-state index contributed by atoms with van der Waals surface area (Å²) in [7, 11) is 0. The zero-order chi connectivity index (χ0) is 22.3. The number of carbonyl (C=O) groups is 2. The maximum absolute atomic E-state index is 13.5. The van der Waals surface area contributed by atoms with Gasteiger partial charge < -0.3 is 9.26 Å². The zero-order valence-corrected chi connectivity index (χ0v) is 19.1. The number of nitrogens with zero attached hydrogens (tertiary/aromatic N) is 3. The van der Waals surface area contributed by atoms with Gasteiger partial charge >= 0.3 is 0 Å². The predicted molar refractivity (Wildman–Crippen MR) is 118 cm³/mol. The second-order valence-corrected chi connectivity index (χ2v) is 9.03. The molecular formula is C23H25N3O4S. The van der Waals surface area contributed by atoms with Crippen LogP contribution in [-0.4, -0.2) is 27.9 Å². The monoisotopic (exact) mass is 439 g/mol. The number of carbonyl (C=O) groups excluding carboxylic acids is 2. The minimum Gasteiger partial charge on any atom is -0.489 e. The highest BCUT2D eigenvalue weighted by molar-refractivity contribution is 7.17. The van der Waals surface area contributed by atoms with Crippen molar-refractivity contribution in [2.24, 2.45) is 0 Å². The Bertz CT molecular complexity index is 1140. The topological polar surface area (TPSA) is 85.5 Å². The Hall–Kier alpha value is -3.00. The third-order valence-electron chi connectivity index (χ3n) is 5.21. The fourth-order valence-corrected chi connectivity index (χ4v) is 4.60. The smallest absolute Gasteiger partial charge is 0.282 e. The fourth-order valence-electron chi connectivity index (χ4n) is 3.57. The van der Waals surface area contributed by atoms with Gasteiger partial charge in [-0.3, -0.25) is 14.5 Å². The summed E-state index contributed by atoms with van der Waals surface area (Å²) in [5, 5.41) is 4.57. The van der Waals surface area contributed by atoms with Crippen LogP contribution in [0.1, 0.15) is 68.1 Å². The van der Waals surface area contributed by atoms with Crippen LogP contribution in [0.3, 0.4) is 0 Å². The van der Waals surface area contributed by atoms with Crippen LogP contribution in [0.5, 0.6) is 5.75 Å². The molecule has 1 saturated carbocycles. The van der Waals surface area contributed by atoms with E-state index in [0.29, 0.717) is 27.0 Å². The van der Waals surface area contributed by atoms with Crippen LogP contribution in [0, 0.1) is 27.7 Å². The van der Waals surface area contributed by atoms with Crippen LogP contribution < -0.4 is 9.64 Å². The van der Waals surface area contributed by atoms with Gasteiger partial charge in [0.2, 0.25) is 0 Å². The van der Waals surface area contributed by atoms with Crippen molar-refractivity contribution in [2.75, 3.05) is 4.90 Å². The van der Waals surface area contributed by atoms with E-state index in [-0.39, 0.29) is 30.0 Å². The molecule has 1 fully saturated rings. The van der Waals surface area contributed by atoms with Crippen molar-refractivity contribution in [3.05, 3.63) is 56.9 Å². The molecule has 8 heteroatoms. The molecule has 2 aromatic heterocycles. The molecule has 4 rings (SSSR count). The maximum Gasteiger partial charge on any atom is 0.282 e. The number of benzene rings is 1. The van der Waals surface area contributed by atoms with Gasteiger partial charge in [0.25, 0.3) is 5.91 Å². The number of Topliss-reactive ketones (excluding diaryl/α,β-unsaturated/α-hetero) is 1. The van der Waals surface area contributed by atoms with E-state index in [1.807, 2.05) is 26.0 Å². The highest BCUT2D eigenvalue weighted by Crippen LogP contribution is 2.37. The molecule has 0 radical (unpaired) electrons. The van der Waals surface area contributed by atoms with Crippen LogP contribution in [-0.2, 0) is 6.61 Å². The highest BCUT2D eigenvalue weighted by Gasteiger charge is 2.39. The van der Waals surface area contributed by atoms with E-state index in [4.69, 9.17) is 9.26 Å². The Balaban J connectivity index is 1.62. The lowest BCUT2D eigenvalue weighted by molar-refractivity contribution is 0.0972. The molecule has 162 valence electrons. The molecule has 3 aromatic rings. The third kappa shape index (κ3) is 4.39. The van der Waals surface area contributed by atoms with Gasteiger partial charge in [-0.25, -0.2) is 4.98 Å². The Morgan fingerprint density at radius 1 is 1.16 bits per heavy atom. The van der Waals surface area contributed by atoms with E-state index in [0.717, 1.165) is 29.7 Å². The molecule has 0 aliphatic heterocycles. The first-order valence-corrected chi connectivity index (χ1v) is 11.0. The molecule has 0 spiro atoms. The summed E-state index contributed by atoms with van der Waals surface area (Å²) in [6, 6.07) is 6.04. The number of ether oxygens (including phenoxy) is 1. The molecule has 31 heavy (non-hydrogen) atoms. The number of rotatable bonds is 7. The van der Waals surface area contributed by atoms with Crippen molar-refractivity contribution in [3.8, 4) is 5.75 Å². The summed E-state index contributed by atoms with van der Waals surface area (Å²) in [6.07, 6.45) is 1.79. The lowest BCUT2D eigenvalue weighted by Gasteiger charge is -2.18. The van der Waals surface area contributed by atoms with Crippen molar-refractivity contribution < 1.29 is 18.8 Å². The van der Waals surface area contributed by atoms with Gasteiger partial charge in [-0.2, -0.15) is 0 Å². The Labute approximate surface area is 185 Å². The summed E-state index contributed by atoms with van der Waals surface area (Å²) in [6.45, 7) is 9.27. The molecule has 1 aliphatic carbocycles. The van der Waals surface area contributed by atoms with Crippen molar-refractivity contribution >= 4 is 28.2 Å². The number of hydrogen-bond acceptors (Lipinski definition) is 7. The van der Waals surface area contributed by atoms with E-state index in [1.165, 1.54) is 18.3 Å². The Morgan fingerprint density at radius 3 is 2.42 bits per heavy atom. The molecule has 0 N–H and O–H groups in total. The van der Waals surface area contributed by atoms with Gasteiger partial charge in [-0.05, 0) is 63.8 Å². The summed E-state index contributed by atoms with van der Waals surface area (Å²) in [5.41, 5.74) is 3.70. The number of aryl methyl sites for hydroxylation is 4. The van der Waals surface area contributed by atoms with E-state index < -0.39 is 0 Å². The Morgan fingerprint density at radius 2 is 1.84 bits per heavy atom. The lowest BCUT2D eigenvalue weighted by atomic mass is 10.1. The van der Waals surface area contributed by atoms with Gasteiger partial charge in [0, 0.05) is 13.0 Å². The van der Waals surface area contributed by atoms with Gasteiger partial charge in [0.15, 0.2) is 16.6 Å². The van der Waals surface area contributed by atoms with Gasteiger partial charge in [0.1, 0.15) is 18.1 Å². The minimum absolute atomic E-state index is 0.0516. The summed E-state index contributed by atoms with van der Waals surface area (Å²) in [5.74, 6) is 0.951. The number of hydrogen-bond donors (Lipinski definition) is 0. The SMILES string of the molecule is CC(=O)c1sc(N(C(=O)c2noc(C)c2COc2cc(C)cc(C)c2)C2CC2)nc1C. The molecule has 0 unspecified atom stereocenters. The first-order chi connectivity index (χ1) is 14.7. The average molecular weight is 440 g/mol. The number of ketones is 1. The molecule has 1 aliphatic rings. The first-order valence-electron chi connectivity index (χ1n) is 10.2. The van der Waals surface area contributed by atoms with Crippen molar-refractivity contribution in [1.29, 1.82) is 0 Å². The molecule has 0 atom stereocenters. The van der Waals surface area contributed by atoms with E-state index in [1.54, 1.807) is 18.7 Å². The van der Waals surface area contributed by atoms with Crippen LogP contribution in [0.15, 0.2) is 22.7 Å². The van der Waals surface area contributed by atoms with Crippen molar-refractivity contribution in [3.63, 3.8) is 0 Å². The standard InChI is InChI=1S/C23H25N3O4S/c1-12-8-13(2)10-18(9-12)29-11-19-16(5)30-25-20(19)22(28)26(17-6-7-17)23-24-14(3)21(31-23)15(4)27/h8-10,17H,6-7,11H2,1-5H3. The maximum atomic E-state index is 13.5. The second-order valence-electron chi connectivity index (χ2n) is 8.05. The van der Waals surface area contributed by atoms with Crippen LogP contribution in [0.4, 0.5) is 5.13 Å². The third-order valence-corrected chi connectivity index (χ3v) is 6.47. The summed E-state index contributed by atoms with van der Waals surface area (Å²) in [4.78, 5) is 32.1. The molecular weight excluding hydrogens is 414 g/mol. The second kappa shape index (κ2) is 8.26. The molecule has 0 saturated heterocycles. The number of anilines is 1. The molecule has 7 nitrogen and oxygen atoms in total. The van der Waals surface area contributed by atoms with Gasteiger partial charge in [0.05, 0.1) is 16.1 Å². The largest absolute Gasteiger partial charge is 0.489 e. The van der Waals surface area contributed by atoms with Crippen molar-refractivity contribution in [2.45, 2.75) is 60.1 Å². The van der Waals surface area contributed by atoms with E-state index in [9.17, 15) is 9.59 Å². The average Bonchev–Trinajstić information content (AvgIpc) is 3.33. The summed E-state index contributed by atoms with van der Waals surface area (Å²) >= 11 is 1.25. The van der Waals surface area contributed by atoms with E-state index >= 15 is 0 Å². The lowest BCUT2D eigenvalue weighted by Crippen LogP contribution is -2.34. The fraction of sp³-hybridized carbons (Fsp3) is 0.391. The highest BCUT2D eigenvalue weighted by atomic mass is 32.1. The molecule has 0 bridgehead atoms. The van der Waals surface area contributed by atoms with Crippen LogP contribution >= 0.6 is 11.3 Å². The quantitative estimate of drug-likeness (QED) is 0.484. The number of amides is 1. The van der Waals surface area contributed by atoms with Gasteiger partial charge in [-0.1, -0.05) is 22.6 Å². The molecule has 1 amide bonds. The normalized spacial score (nSPS) is 13.3. The van der Waals surface area contributed by atoms with Gasteiger partial charge in [-0.15, -0.1) is 0 Å². The van der Waals surface area contributed by atoms with Crippen LogP contribution in [0.25, 0.3) is 0 Å². The van der Waals surface area contributed by atoms with Crippen LogP contribution in [0.2, 0.25) is 0 Å². The first kappa shape index (κ1) is 21.2. The number of thiazole rings is 1. The zero-order valence-electron chi connectivity index (χ0n) is 18.3. The molecule has 2 heterocycles. The van der Waals surface area contributed by atoms with E-state index in [2.05, 4.69) is 16.2 Å². The van der Waals surface area contributed by atoms with Crippen molar-refractivity contribution in [1.82, 2.24) is 10.1 Å². The number of aromatic nitrogens is 2. The Kier molecular flexibility index (Phi) is 5.66. The predicted octanol–water partition coefficient (Wildman–Crippen LogP) is 4.96. The summed E-state index contributed by atoms with van der Waals surface area (Å²) < 4.78 is 11.3. The minimum atomic E-state index is -0.276. The molecule has 1 aromatic carbocycles.